The van der Waals surface area contributed by atoms with E-state index in [2.05, 4.69) is 5.32 Å². The Morgan fingerprint density at radius 1 is 1.14 bits per heavy atom. The first-order valence-electron chi connectivity index (χ1n) is 6.91. The van der Waals surface area contributed by atoms with Crippen molar-refractivity contribution in [2.24, 2.45) is 0 Å². The minimum absolute atomic E-state index is 0.0354. The number of amides is 1. The number of carbonyl (C=O) groups is 1. The molecule has 0 unspecified atom stereocenters. The van der Waals surface area contributed by atoms with Crippen molar-refractivity contribution < 1.29 is 9.53 Å². The van der Waals surface area contributed by atoms with E-state index >= 15 is 0 Å². The van der Waals surface area contributed by atoms with Gasteiger partial charge in [-0.3, -0.25) is 4.79 Å². The predicted molar refractivity (Wildman–Crippen MR) is 84.0 cm³/mol. The van der Waals surface area contributed by atoms with Crippen LogP contribution in [0.25, 0.3) is 0 Å². The van der Waals surface area contributed by atoms with E-state index in [1.807, 2.05) is 48.5 Å². The zero-order valence-corrected chi connectivity index (χ0v) is 12.1. The van der Waals surface area contributed by atoms with Crippen LogP contribution in [0.5, 0.6) is 5.75 Å². The van der Waals surface area contributed by atoms with Gasteiger partial charge in [0.15, 0.2) is 0 Å². The van der Waals surface area contributed by atoms with E-state index in [-0.39, 0.29) is 5.91 Å². The van der Waals surface area contributed by atoms with E-state index in [1.165, 1.54) is 0 Å². The van der Waals surface area contributed by atoms with Crippen LogP contribution in [0, 0.1) is 0 Å². The van der Waals surface area contributed by atoms with Gasteiger partial charge in [0.2, 0.25) is 5.91 Å². The Balaban J connectivity index is 1.76. The Morgan fingerprint density at radius 3 is 2.57 bits per heavy atom. The SMILES string of the molecule is COc1ccc(CNC(=O)CCc2cccc(N)c2)cc1. The summed E-state index contributed by atoms with van der Waals surface area (Å²) in [6.07, 6.45) is 1.15. The van der Waals surface area contributed by atoms with Gasteiger partial charge in [-0.2, -0.15) is 0 Å². The second-order valence-corrected chi connectivity index (χ2v) is 4.87. The Bertz CT molecular complexity index is 594. The Hall–Kier alpha value is -2.49. The number of aryl methyl sites for hydroxylation is 1. The molecular weight excluding hydrogens is 264 g/mol. The standard InChI is InChI=1S/C17H20N2O2/c1-21-16-8-5-14(6-9-16)12-19-17(20)10-7-13-3-2-4-15(18)11-13/h2-6,8-9,11H,7,10,12,18H2,1H3,(H,19,20). The maximum Gasteiger partial charge on any atom is 0.220 e. The first-order chi connectivity index (χ1) is 10.2. The van der Waals surface area contributed by atoms with Gasteiger partial charge < -0.3 is 15.8 Å². The van der Waals surface area contributed by atoms with E-state index in [9.17, 15) is 4.79 Å². The second kappa shape index (κ2) is 7.33. The summed E-state index contributed by atoms with van der Waals surface area (Å²) >= 11 is 0. The van der Waals surface area contributed by atoms with Crippen LogP contribution in [0.4, 0.5) is 5.69 Å². The number of nitrogens with one attached hydrogen (secondary N) is 1. The van der Waals surface area contributed by atoms with Crippen LogP contribution in [0.3, 0.4) is 0 Å². The van der Waals surface area contributed by atoms with Gasteiger partial charge in [0.25, 0.3) is 0 Å². The zero-order valence-electron chi connectivity index (χ0n) is 12.1. The minimum Gasteiger partial charge on any atom is -0.497 e. The lowest BCUT2D eigenvalue weighted by Gasteiger charge is -2.07. The largest absolute Gasteiger partial charge is 0.497 e. The molecule has 0 radical (unpaired) electrons. The third kappa shape index (κ3) is 4.84. The number of nitrogen functional groups attached to an aromatic ring is 1. The number of anilines is 1. The van der Waals surface area contributed by atoms with E-state index in [0.29, 0.717) is 19.4 Å². The van der Waals surface area contributed by atoms with Gasteiger partial charge in [-0.25, -0.2) is 0 Å². The van der Waals surface area contributed by atoms with Gasteiger partial charge >= 0.3 is 0 Å². The highest BCUT2D eigenvalue weighted by Gasteiger charge is 2.03. The summed E-state index contributed by atoms with van der Waals surface area (Å²) in [5.74, 6) is 0.847. The highest BCUT2D eigenvalue weighted by Crippen LogP contribution is 2.11. The first kappa shape index (κ1) is 14.9. The zero-order chi connectivity index (χ0) is 15.1. The van der Waals surface area contributed by atoms with Gasteiger partial charge in [-0.05, 0) is 41.8 Å². The van der Waals surface area contributed by atoms with Gasteiger partial charge in [0, 0.05) is 18.7 Å². The molecule has 0 bridgehead atoms. The summed E-state index contributed by atoms with van der Waals surface area (Å²) in [7, 11) is 1.63. The van der Waals surface area contributed by atoms with Gasteiger partial charge in [0.05, 0.1) is 7.11 Å². The van der Waals surface area contributed by atoms with Gasteiger partial charge in [-0.15, -0.1) is 0 Å². The number of rotatable bonds is 6. The van der Waals surface area contributed by atoms with E-state index in [4.69, 9.17) is 10.5 Å². The smallest absolute Gasteiger partial charge is 0.220 e. The molecule has 1 amide bonds. The monoisotopic (exact) mass is 284 g/mol. The summed E-state index contributed by atoms with van der Waals surface area (Å²) in [6.45, 7) is 0.528. The summed E-state index contributed by atoms with van der Waals surface area (Å²) in [5, 5.41) is 2.91. The van der Waals surface area contributed by atoms with E-state index in [1.54, 1.807) is 7.11 Å². The Kier molecular flexibility index (Phi) is 5.21. The van der Waals surface area contributed by atoms with Crippen LogP contribution in [0.2, 0.25) is 0 Å². The number of carbonyl (C=O) groups excluding carboxylic acids is 1. The van der Waals surface area contributed by atoms with Crippen LogP contribution >= 0.6 is 0 Å². The number of hydrogen-bond donors (Lipinski definition) is 2. The quantitative estimate of drug-likeness (QED) is 0.801. The normalized spacial score (nSPS) is 10.1. The maximum atomic E-state index is 11.8. The maximum absolute atomic E-state index is 11.8. The lowest BCUT2D eigenvalue weighted by Crippen LogP contribution is -2.22. The molecule has 2 rings (SSSR count). The molecule has 0 aliphatic rings. The number of hydrogen-bond acceptors (Lipinski definition) is 3. The fourth-order valence-corrected chi connectivity index (χ4v) is 2.04. The van der Waals surface area contributed by atoms with Crippen molar-refractivity contribution in [3.63, 3.8) is 0 Å². The summed E-state index contributed by atoms with van der Waals surface area (Å²) < 4.78 is 5.09. The van der Waals surface area contributed by atoms with Crippen LogP contribution in [0.15, 0.2) is 48.5 Å². The molecule has 0 saturated carbocycles. The van der Waals surface area contributed by atoms with Crippen LogP contribution in [-0.4, -0.2) is 13.0 Å². The molecule has 0 spiro atoms. The molecule has 4 nitrogen and oxygen atoms in total. The average molecular weight is 284 g/mol. The Morgan fingerprint density at radius 2 is 1.90 bits per heavy atom. The van der Waals surface area contributed by atoms with E-state index in [0.717, 1.165) is 22.6 Å². The lowest BCUT2D eigenvalue weighted by molar-refractivity contribution is -0.121. The van der Waals surface area contributed by atoms with Crippen LogP contribution in [-0.2, 0) is 17.8 Å². The molecule has 0 atom stereocenters. The summed E-state index contributed by atoms with van der Waals surface area (Å²) in [5.41, 5.74) is 8.57. The van der Waals surface area contributed by atoms with Crippen molar-refractivity contribution in [1.29, 1.82) is 0 Å². The molecule has 0 aliphatic heterocycles. The lowest BCUT2D eigenvalue weighted by atomic mass is 10.1. The fourth-order valence-electron chi connectivity index (χ4n) is 2.04. The van der Waals surface area contributed by atoms with Crippen molar-refractivity contribution in [1.82, 2.24) is 5.32 Å². The van der Waals surface area contributed by atoms with Crippen molar-refractivity contribution >= 4 is 11.6 Å². The number of nitrogens with two attached hydrogens (primary N) is 1. The fraction of sp³-hybridized carbons (Fsp3) is 0.235. The molecular formula is C17H20N2O2. The van der Waals surface area contributed by atoms with Crippen molar-refractivity contribution in [3.8, 4) is 5.75 Å². The third-order valence-electron chi connectivity index (χ3n) is 3.24. The minimum atomic E-state index is 0.0354. The predicted octanol–water partition coefficient (Wildman–Crippen LogP) is 2.53. The van der Waals surface area contributed by atoms with Crippen LogP contribution < -0.4 is 15.8 Å². The molecule has 2 aromatic carbocycles. The molecule has 4 heteroatoms. The van der Waals surface area contributed by atoms with Gasteiger partial charge in [0.1, 0.15) is 5.75 Å². The van der Waals surface area contributed by atoms with Crippen molar-refractivity contribution in [2.45, 2.75) is 19.4 Å². The summed E-state index contributed by atoms with van der Waals surface area (Å²) in [6, 6.07) is 15.3. The molecule has 3 N–H and O–H groups in total. The number of ether oxygens (including phenoxy) is 1. The molecule has 0 aliphatic carbocycles. The number of benzene rings is 2. The average Bonchev–Trinajstić information content (AvgIpc) is 2.51. The molecule has 0 saturated heterocycles. The molecule has 0 aromatic heterocycles. The molecule has 0 fully saturated rings. The van der Waals surface area contributed by atoms with Crippen molar-refractivity contribution in [2.75, 3.05) is 12.8 Å². The topological polar surface area (TPSA) is 64.3 Å². The Labute approximate surface area is 124 Å². The van der Waals surface area contributed by atoms with E-state index < -0.39 is 0 Å². The highest BCUT2D eigenvalue weighted by molar-refractivity contribution is 5.76. The van der Waals surface area contributed by atoms with Gasteiger partial charge in [-0.1, -0.05) is 24.3 Å². The highest BCUT2D eigenvalue weighted by atomic mass is 16.5. The second-order valence-electron chi connectivity index (χ2n) is 4.87. The van der Waals surface area contributed by atoms with Crippen molar-refractivity contribution in [3.05, 3.63) is 59.7 Å². The van der Waals surface area contributed by atoms with Crippen LogP contribution in [0.1, 0.15) is 17.5 Å². The molecule has 110 valence electrons. The first-order valence-corrected chi connectivity index (χ1v) is 6.91. The number of methoxy groups -OCH3 is 1. The molecule has 21 heavy (non-hydrogen) atoms. The molecule has 2 aromatic rings. The third-order valence-corrected chi connectivity index (χ3v) is 3.24. The summed E-state index contributed by atoms with van der Waals surface area (Å²) in [4.78, 5) is 11.8. The molecule has 0 heterocycles.